The molecule has 96 valence electrons. The Hall–Kier alpha value is -1.88. The summed E-state index contributed by atoms with van der Waals surface area (Å²) in [6.45, 7) is 2.04. The molecule has 0 aromatic heterocycles. The van der Waals surface area contributed by atoms with Crippen molar-refractivity contribution in [2.75, 3.05) is 26.2 Å². The number of nitrogens with zero attached hydrogens (tertiary/aromatic N) is 1. The van der Waals surface area contributed by atoms with E-state index in [2.05, 4.69) is 0 Å². The SMILES string of the molecule is OC=CC[N+](CC=CO)(CC=CO)CC=CO. The van der Waals surface area contributed by atoms with Gasteiger partial charge in [0.05, 0.1) is 25.0 Å². The average molecular weight is 242 g/mol. The molecule has 0 aromatic carbocycles. The molecular formula is C12H20NO4+. The molecular weight excluding hydrogens is 222 g/mol. The van der Waals surface area contributed by atoms with Gasteiger partial charge in [-0.05, 0) is 0 Å². The fourth-order valence-electron chi connectivity index (χ4n) is 1.53. The lowest BCUT2D eigenvalue weighted by atomic mass is 10.3. The molecule has 4 N–H and O–H groups in total. The average Bonchev–Trinajstić information content (AvgIpc) is 2.37. The van der Waals surface area contributed by atoms with Gasteiger partial charge in [0.25, 0.3) is 0 Å². The van der Waals surface area contributed by atoms with Crippen molar-refractivity contribution in [2.45, 2.75) is 0 Å². The van der Waals surface area contributed by atoms with Crippen LogP contribution in [0.3, 0.4) is 0 Å². The second-order valence-electron chi connectivity index (χ2n) is 3.61. The summed E-state index contributed by atoms with van der Waals surface area (Å²) in [5.74, 6) is 0. The molecule has 0 bridgehead atoms. The van der Waals surface area contributed by atoms with E-state index < -0.39 is 0 Å². The van der Waals surface area contributed by atoms with Crippen molar-refractivity contribution in [3.05, 3.63) is 49.4 Å². The number of aliphatic hydroxyl groups is 4. The second-order valence-corrected chi connectivity index (χ2v) is 3.61. The minimum Gasteiger partial charge on any atom is -0.516 e. The lowest BCUT2D eigenvalue weighted by Crippen LogP contribution is -2.48. The second kappa shape index (κ2) is 9.35. The molecule has 0 fully saturated rings. The minimum atomic E-state index is 0.433. The van der Waals surface area contributed by atoms with Gasteiger partial charge >= 0.3 is 0 Å². The van der Waals surface area contributed by atoms with E-state index in [-0.39, 0.29) is 0 Å². The molecule has 0 aliphatic carbocycles. The summed E-state index contributed by atoms with van der Waals surface area (Å²) < 4.78 is 0.433. The van der Waals surface area contributed by atoms with Crippen molar-refractivity contribution in [3.8, 4) is 0 Å². The third-order valence-corrected chi connectivity index (χ3v) is 2.39. The Bertz CT molecular complexity index is 233. The van der Waals surface area contributed by atoms with E-state index in [4.69, 9.17) is 20.4 Å². The highest BCUT2D eigenvalue weighted by Gasteiger charge is 2.22. The summed E-state index contributed by atoms with van der Waals surface area (Å²) in [6.07, 6.45) is 10.2. The molecule has 0 amide bonds. The van der Waals surface area contributed by atoms with Crippen LogP contribution in [-0.4, -0.2) is 51.1 Å². The third kappa shape index (κ3) is 6.32. The van der Waals surface area contributed by atoms with Gasteiger partial charge in [-0.2, -0.15) is 0 Å². The van der Waals surface area contributed by atoms with Crippen LogP contribution in [0.4, 0.5) is 0 Å². The van der Waals surface area contributed by atoms with Gasteiger partial charge in [-0.3, -0.25) is 0 Å². The zero-order chi connectivity index (χ0) is 13.0. The molecule has 0 aliphatic heterocycles. The standard InChI is InChI=1S/C12H19NO4/c14-9-1-5-13(6-2-10-15,7-3-11-16)8-4-12-17/h1-4,9-12H,5-8H2,(H3-,14,15,16,17)/p+1. The van der Waals surface area contributed by atoms with Gasteiger partial charge in [-0.15, -0.1) is 0 Å². The van der Waals surface area contributed by atoms with E-state index in [0.29, 0.717) is 30.7 Å². The Balaban J connectivity index is 4.87. The van der Waals surface area contributed by atoms with E-state index >= 15 is 0 Å². The van der Waals surface area contributed by atoms with Gasteiger partial charge in [0.2, 0.25) is 0 Å². The molecule has 0 radical (unpaired) electrons. The van der Waals surface area contributed by atoms with Gasteiger partial charge < -0.3 is 24.9 Å². The molecule has 0 aromatic rings. The molecule has 5 heteroatoms. The summed E-state index contributed by atoms with van der Waals surface area (Å²) in [4.78, 5) is 0. The summed E-state index contributed by atoms with van der Waals surface area (Å²) >= 11 is 0. The van der Waals surface area contributed by atoms with E-state index in [1.165, 1.54) is 0 Å². The molecule has 17 heavy (non-hydrogen) atoms. The first-order valence-electron chi connectivity index (χ1n) is 5.26. The van der Waals surface area contributed by atoms with Crippen molar-refractivity contribution in [3.63, 3.8) is 0 Å². The zero-order valence-corrected chi connectivity index (χ0v) is 9.68. The predicted octanol–water partition coefficient (Wildman–Crippen LogP) is 2.09. The third-order valence-electron chi connectivity index (χ3n) is 2.39. The summed E-state index contributed by atoms with van der Waals surface area (Å²) in [7, 11) is 0. The van der Waals surface area contributed by atoms with Crippen molar-refractivity contribution in [1.82, 2.24) is 0 Å². The van der Waals surface area contributed by atoms with E-state index in [0.717, 1.165) is 25.0 Å². The van der Waals surface area contributed by atoms with E-state index in [9.17, 15) is 0 Å². The Kier molecular flexibility index (Phi) is 8.32. The Morgan fingerprint density at radius 2 is 0.765 bits per heavy atom. The van der Waals surface area contributed by atoms with Crippen molar-refractivity contribution in [2.24, 2.45) is 0 Å². The number of aliphatic hydroxyl groups excluding tert-OH is 4. The van der Waals surface area contributed by atoms with Crippen molar-refractivity contribution >= 4 is 0 Å². The normalized spacial score (nSPS) is 16.5. The van der Waals surface area contributed by atoms with Crippen LogP contribution in [0.1, 0.15) is 0 Å². The molecule has 0 spiro atoms. The lowest BCUT2D eigenvalue weighted by molar-refractivity contribution is -0.906. The molecule has 0 aliphatic rings. The fraction of sp³-hybridized carbons (Fsp3) is 0.333. The predicted molar refractivity (Wildman–Crippen MR) is 66.8 cm³/mol. The Labute approximate surface area is 101 Å². The summed E-state index contributed by atoms with van der Waals surface area (Å²) in [5.41, 5.74) is 0. The van der Waals surface area contributed by atoms with Crippen LogP contribution in [0.5, 0.6) is 0 Å². The van der Waals surface area contributed by atoms with Gasteiger partial charge in [0.15, 0.2) is 0 Å². The van der Waals surface area contributed by atoms with Gasteiger partial charge in [0, 0.05) is 24.3 Å². The first kappa shape index (κ1) is 15.1. The largest absolute Gasteiger partial charge is 0.516 e. The van der Waals surface area contributed by atoms with Crippen LogP contribution in [0, 0.1) is 0 Å². The van der Waals surface area contributed by atoms with Gasteiger partial charge in [0.1, 0.15) is 26.2 Å². The summed E-state index contributed by atoms with van der Waals surface area (Å²) in [6, 6.07) is 0. The lowest BCUT2D eigenvalue weighted by Gasteiger charge is -2.34. The van der Waals surface area contributed by atoms with Gasteiger partial charge in [-0.25, -0.2) is 0 Å². The first-order chi connectivity index (χ1) is 8.24. The molecule has 0 saturated heterocycles. The zero-order valence-electron chi connectivity index (χ0n) is 9.68. The van der Waals surface area contributed by atoms with E-state index in [1.54, 1.807) is 24.3 Å². The number of quaternary nitrogens is 1. The van der Waals surface area contributed by atoms with Crippen LogP contribution in [0.2, 0.25) is 0 Å². The van der Waals surface area contributed by atoms with Crippen LogP contribution in [-0.2, 0) is 0 Å². The summed E-state index contributed by atoms with van der Waals surface area (Å²) in [5, 5.41) is 34.9. The van der Waals surface area contributed by atoms with Crippen molar-refractivity contribution in [1.29, 1.82) is 0 Å². The number of hydrogen-bond donors (Lipinski definition) is 4. The highest BCUT2D eigenvalue weighted by Crippen LogP contribution is 2.09. The van der Waals surface area contributed by atoms with Crippen LogP contribution in [0.25, 0.3) is 0 Å². The Morgan fingerprint density at radius 3 is 0.941 bits per heavy atom. The molecule has 0 heterocycles. The van der Waals surface area contributed by atoms with Crippen LogP contribution >= 0.6 is 0 Å². The van der Waals surface area contributed by atoms with Crippen molar-refractivity contribution < 1.29 is 24.9 Å². The Morgan fingerprint density at radius 1 is 0.529 bits per heavy atom. The highest BCUT2D eigenvalue weighted by atomic mass is 16.2. The molecule has 0 unspecified atom stereocenters. The number of rotatable bonds is 8. The smallest absolute Gasteiger partial charge is 0.101 e. The monoisotopic (exact) mass is 242 g/mol. The fourth-order valence-corrected chi connectivity index (χ4v) is 1.53. The van der Waals surface area contributed by atoms with Gasteiger partial charge in [-0.1, -0.05) is 0 Å². The quantitative estimate of drug-likeness (QED) is 0.388. The molecule has 0 rings (SSSR count). The topological polar surface area (TPSA) is 80.9 Å². The number of hydrogen-bond acceptors (Lipinski definition) is 4. The minimum absolute atomic E-state index is 0.433. The molecule has 5 nitrogen and oxygen atoms in total. The van der Waals surface area contributed by atoms with E-state index in [1.807, 2.05) is 0 Å². The maximum Gasteiger partial charge on any atom is 0.101 e. The molecule has 0 saturated carbocycles. The highest BCUT2D eigenvalue weighted by molar-refractivity contribution is 4.83. The maximum atomic E-state index is 8.71. The first-order valence-corrected chi connectivity index (χ1v) is 5.26. The van der Waals surface area contributed by atoms with Crippen LogP contribution in [0.15, 0.2) is 49.4 Å². The molecule has 0 atom stereocenters. The maximum absolute atomic E-state index is 8.71. The van der Waals surface area contributed by atoms with Crippen LogP contribution < -0.4 is 0 Å².